The van der Waals surface area contributed by atoms with Gasteiger partial charge in [0.15, 0.2) is 0 Å². The Morgan fingerprint density at radius 1 is 0.773 bits per heavy atom. The SMILES string of the molecule is Cc1ccc(N(CC(=O)N(Cc2ccc(Cl)cc2)[C@@H](Cc2ccccc2)C(=O)NC(C)C)S(=O)(=O)c2ccc(Cl)cc2)cc1. The molecule has 0 aromatic heterocycles. The molecule has 230 valence electrons. The number of hydrogen-bond donors (Lipinski definition) is 1. The average molecular weight is 653 g/mol. The van der Waals surface area contributed by atoms with Crippen molar-refractivity contribution in [3.05, 3.63) is 130 Å². The maximum Gasteiger partial charge on any atom is 0.264 e. The maximum absolute atomic E-state index is 14.4. The predicted molar refractivity (Wildman–Crippen MR) is 176 cm³/mol. The topological polar surface area (TPSA) is 86.8 Å². The lowest BCUT2D eigenvalue weighted by molar-refractivity contribution is -0.140. The summed E-state index contributed by atoms with van der Waals surface area (Å²) in [6, 6.07) is 28.0. The molecule has 0 bridgehead atoms. The second kappa shape index (κ2) is 14.8. The average Bonchev–Trinajstić information content (AvgIpc) is 2.99. The lowest BCUT2D eigenvalue weighted by Crippen LogP contribution is -2.54. The molecule has 0 saturated carbocycles. The van der Waals surface area contributed by atoms with Gasteiger partial charge < -0.3 is 10.2 Å². The van der Waals surface area contributed by atoms with Crippen molar-refractivity contribution in [2.24, 2.45) is 0 Å². The van der Waals surface area contributed by atoms with E-state index in [2.05, 4.69) is 5.32 Å². The summed E-state index contributed by atoms with van der Waals surface area (Å²) in [5.41, 5.74) is 2.84. The van der Waals surface area contributed by atoms with Crippen molar-refractivity contribution in [2.75, 3.05) is 10.8 Å². The Morgan fingerprint density at radius 3 is 1.91 bits per heavy atom. The van der Waals surface area contributed by atoms with E-state index in [1.807, 2.05) is 51.1 Å². The fourth-order valence-corrected chi connectivity index (χ4v) is 6.36. The molecule has 0 aliphatic rings. The van der Waals surface area contributed by atoms with Gasteiger partial charge in [0, 0.05) is 29.1 Å². The number of nitrogens with zero attached hydrogens (tertiary/aromatic N) is 2. The number of benzene rings is 4. The lowest BCUT2D eigenvalue weighted by Gasteiger charge is -2.34. The fraction of sp³-hybridized carbons (Fsp3) is 0.235. The van der Waals surface area contributed by atoms with Crippen molar-refractivity contribution in [2.45, 2.75) is 50.7 Å². The first-order chi connectivity index (χ1) is 20.9. The van der Waals surface area contributed by atoms with Gasteiger partial charge in [-0.25, -0.2) is 8.42 Å². The van der Waals surface area contributed by atoms with E-state index >= 15 is 0 Å². The minimum atomic E-state index is -4.21. The molecule has 10 heteroatoms. The van der Waals surface area contributed by atoms with Gasteiger partial charge in [-0.2, -0.15) is 0 Å². The van der Waals surface area contributed by atoms with Gasteiger partial charge >= 0.3 is 0 Å². The summed E-state index contributed by atoms with van der Waals surface area (Å²) in [4.78, 5) is 29.6. The summed E-state index contributed by atoms with van der Waals surface area (Å²) in [5, 5.41) is 3.86. The highest BCUT2D eigenvalue weighted by molar-refractivity contribution is 7.92. The third kappa shape index (κ3) is 8.62. The summed E-state index contributed by atoms with van der Waals surface area (Å²) in [6.45, 7) is 5.10. The minimum Gasteiger partial charge on any atom is -0.352 e. The first kappa shape index (κ1) is 33.1. The number of hydrogen-bond acceptors (Lipinski definition) is 4. The van der Waals surface area contributed by atoms with Crippen LogP contribution in [0.15, 0.2) is 108 Å². The molecule has 0 aliphatic heterocycles. The van der Waals surface area contributed by atoms with Crippen LogP contribution in [0.3, 0.4) is 0 Å². The molecule has 0 heterocycles. The van der Waals surface area contributed by atoms with E-state index in [0.717, 1.165) is 21.0 Å². The number of rotatable bonds is 12. The monoisotopic (exact) mass is 651 g/mol. The number of anilines is 1. The van der Waals surface area contributed by atoms with Crippen molar-refractivity contribution in [1.82, 2.24) is 10.2 Å². The molecule has 0 spiro atoms. The summed E-state index contributed by atoms with van der Waals surface area (Å²) < 4.78 is 29.2. The Hall–Kier alpha value is -3.85. The first-order valence-electron chi connectivity index (χ1n) is 14.2. The molecular formula is C34H35Cl2N3O4S. The smallest absolute Gasteiger partial charge is 0.264 e. The summed E-state index contributed by atoms with van der Waals surface area (Å²) >= 11 is 12.2. The molecule has 4 aromatic rings. The van der Waals surface area contributed by atoms with Crippen LogP contribution in [-0.2, 0) is 32.6 Å². The number of carbonyl (C=O) groups is 2. The Balaban J connectivity index is 1.79. The minimum absolute atomic E-state index is 0.0158. The van der Waals surface area contributed by atoms with Crippen LogP contribution in [0.25, 0.3) is 0 Å². The van der Waals surface area contributed by atoms with Crippen LogP contribution < -0.4 is 9.62 Å². The van der Waals surface area contributed by atoms with Crippen molar-refractivity contribution in [3.8, 4) is 0 Å². The third-order valence-electron chi connectivity index (χ3n) is 6.97. The summed E-state index contributed by atoms with van der Waals surface area (Å²) in [6.07, 6.45) is 0.229. The molecule has 0 saturated heterocycles. The second-order valence-corrected chi connectivity index (χ2v) is 13.6. The summed E-state index contributed by atoms with van der Waals surface area (Å²) in [5.74, 6) is -0.883. The Bertz CT molecular complexity index is 1660. The number of amides is 2. The van der Waals surface area contributed by atoms with Crippen LogP contribution >= 0.6 is 23.2 Å². The molecule has 0 fully saturated rings. The van der Waals surface area contributed by atoms with Crippen LogP contribution in [0.2, 0.25) is 10.0 Å². The lowest BCUT2D eigenvalue weighted by atomic mass is 10.0. The Kier molecular flexibility index (Phi) is 11.1. The third-order valence-corrected chi connectivity index (χ3v) is 9.26. The predicted octanol–water partition coefficient (Wildman–Crippen LogP) is 6.66. The molecule has 0 unspecified atom stereocenters. The largest absolute Gasteiger partial charge is 0.352 e. The van der Waals surface area contributed by atoms with E-state index in [0.29, 0.717) is 15.7 Å². The van der Waals surface area contributed by atoms with E-state index in [-0.39, 0.29) is 29.8 Å². The second-order valence-electron chi connectivity index (χ2n) is 10.8. The van der Waals surface area contributed by atoms with Gasteiger partial charge in [0.05, 0.1) is 10.6 Å². The van der Waals surface area contributed by atoms with Gasteiger partial charge in [-0.1, -0.05) is 83.4 Å². The summed E-state index contributed by atoms with van der Waals surface area (Å²) in [7, 11) is -4.21. The number of nitrogens with one attached hydrogen (secondary N) is 1. The van der Waals surface area contributed by atoms with Gasteiger partial charge in [0.2, 0.25) is 11.8 Å². The highest BCUT2D eigenvalue weighted by atomic mass is 35.5. The highest BCUT2D eigenvalue weighted by Gasteiger charge is 2.34. The van der Waals surface area contributed by atoms with E-state index in [9.17, 15) is 18.0 Å². The molecular weight excluding hydrogens is 617 g/mol. The van der Waals surface area contributed by atoms with Gasteiger partial charge in [-0.3, -0.25) is 13.9 Å². The normalized spacial score (nSPS) is 12.0. The van der Waals surface area contributed by atoms with Crippen LogP contribution in [0.1, 0.15) is 30.5 Å². The van der Waals surface area contributed by atoms with Crippen molar-refractivity contribution >= 4 is 50.7 Å². The molecule has 2 amide bonds. The molecule has 4 rings (SSSR count). The van der Waals surface area contributed by atoms with E-state index < -0.39 is 28.5 Å². The standard InChI is InChI=1S/C34H35Cl2N3O4S/c1-24(2)37-34(41)32(21-26-7-5-4-6-8-26)38(22-27-11-13-28(35)14-12-27)33(40)23-39(30-17-9-25(3)10-18-30)44(42,43)31-19-15-29(36)16-20-31/h4-20,24,32H,21-23H2,1-3H3,(H,37,41)/t32-/m0/s1. The molecule has 0 aliphatic carbocycles. The van der Waals surface area contributed by atoms with Crippen LogP contribution in [0.5, 0.6) is 0 Å². The zero-order chi connectivity index (χ0) is 31.9. The zero-order valence-corrected chi connectivity index (χ0v) is 27.1. The van der Waals surface area contributed by atoms with Crippen LogP contribution in [0.4, 0.5) is 5.69 Å². The quantitative estimate of drug-likeness (QED) is 0.186. The van der Waals surface area contributed by atoms with Crippen molar-refractivity contribution < 1.29 is 18.0 Å². The van der Waals surface area contributed by atoms with Gasteiger partial charge in [0.1, 0.15) is 12.6 Å². The Morgan fingerprint density at radius 2 is 1.34 bits per heavy atom. The van der Waals surface area contributed by atoms with Gasteiger partial charge in [-0.05, 0) is 80.4 Å². The molecule has 44 heavy (non-hydrogen) atoms. The molecule has 1 N–H and O–H groups in total. The molecule has 4 aromatic carbocycles. The van der Waals surface area contributed by atoms with Gasteiger partial charge in [-0.15, -0.1) is 0 Å². The number of sulfonamides is 1. The van der Waals surface area contributed by atoms with Crippen LogP contribution in [0, 0.1) is 6.92 Å². The number of carbonyl (C=O) groups excluding carboxylic acids is 2. The maximum atomic E-state index is 14.4. The van der Waals surface area contributed by atoms with Gasteiger partial charge in [0.25, 0.3) is 10.0 Å². The first-order valence-corrected chi connectivity index (χ1v) is 16.4. The molecule has 0 radical (unpaired) electrons. The zero-order valence-electron chi connectivity index (χ0n) is 24.8. The molecule has 1 atom stereocenters. The highest BCUT2D eigenvalue weighted by Crippen LogP contribution is 2.26. The Labute approximate surface area is 269 Å². The van der Waals surface area contributed by atoms with E-state index in [1.165, 1.54) is 29.2 Å². The number of halogens is 2. The van der Waals surface area contributed by atoms with Crippen molar-refractivity contribution in [1.29, 1.82) is 0 Å². The molecule has 7 nitrogen and oxygen atoms in total. The fourth-order valence-electron chi connectivity index (χ4n) is 4.69. The van der Waals surface area contributed by atoms with Crippen LogP contribution in [-0.4, -0.2) is 43.8 Å². The van der Waals surface area contributed by atoms with Crippen molar-refractivity contribution in [3.63, 3.8) is 0 Å². The van der Waals surface area contributed by atoms with E-state index in [4.69, 9.17) is 23.2 Å². The van der Waals surface area contributed by atoms with E-state index in [1.54, 1.807) is 48.5 Å². The number of aryl methyl sites for hydroxylation is 1.